The first-order valence-corrected chi connectivity index (χ1v) is 12.3. The van der Waals surface area contributed by atoms with Crippen LogP contribution in [-0.4, -0.2) is 43.2 Å². The maximum atomic E-state index is 13.7. The molecule has 0 unspecified atom stereocenters. The van der Waals surface area contributed by atoms with E-state index in [4.69, 9.17) is 4.98 Å². The molecule has 0 saturated carbocycles. The Bertz CT molecular complexity index is 1570. The molecule has 37 heavy (non-hydrogen) atoms. The first-order valence-electron chi connectivity index (χ1n) is 12.3. The number of rotatable bonds is 2. The molecule has 1 aliphatic heterocycles. The molecule has 0 spiro atoms. The molecule has 1 aromatic carbocycles. The van der Waals surface area contributed by atoms with E-state index in [0.29, 0.717) is 28.2 Å². The number of halogens is 1. The van der Waals surface area contributed by atoms with Gasteiger partial charge in [0.15, 0.2) is 5.82 Å². The number of hydrogen-bond acceptors (Lipinski definition) is 5. The quantitative estimate of drug-likeness (QED) is 0.292. The maximum absolute atomic E-state index is 13.7. The van der Waals surface area contributed by atoms with E-state index in [1.807, 2.05) is 19.1 Å². The van der Waals surface area contributed by atoms with Crippen molar-refractivity contribution in [3.05, 3.63) is 83.8 Å². The summed E-state index contributed by atoms with van der Waals surface area (Å²) < 4.78 is 13.7. The molecular weight excluding hydrogens is 465 g/mol. The monoisotopic (exact) mass is 493 g/mol. The number of fused-ring (bicyclic) bond motifs is 1. The zero-order valence-corrected chi connectivity index (χ0v) is 20.8. The van der Waals surface area contributed by atoms with E-state index in [9.17, 15) is 4.39 Å². The second-order valence-corrected chi connectivity index (χ2v) is 9.27. The SMILES string of the molecule is CC1CCNCC1.Cc1cncc(C#Cc2cn[nH]c2-c2nc3c(-c4cccc(F)c4)cncc3[nH]2)c1. The fraction of sp³-hybridized carbons (Fsp3) is 0.241. The van der Waals surface area contributed by atoms with Crippen molar-refractivity contribution < 1.29 is 4.39 Å². The third-order valence-corrected chi connectivity index (χ3v) is 6.25. The lowest BCUT2D eigenvalue weighted by atomic mass is 10.0. The Hall–Kier alpha value is -4.35. The van der Waals surface area contributed by atoms with Gasteiger partial charge in [0.25, 0.3) is 0 Å². The highest BCUT2D eigenvalue weighted by Gasteiger charge is 2.15. The van der Waals surface area contributed by atoms with Crippen molar-refractivity contribution in [3.8, 4) is 34.5 Å². The number of aromatic nitrogens is 6. The molecule has 0 radical (unpaired) electrons. The number of aryl methyl sites for hydroxylation is 1. The van der Waals surface area contributed by atoms with Gasteiger partial charge in [0.05, 0.1) is 29.0 Å². The molecule has 0 bridgehead atoms. The Balaban J connectivity index is 0.000000348. The fourth-order valence-electron chi connectivity index (χ4n) is 4.21. The first-order chi connectivity index (χ1) is 18.1. The Morgan fingerprint density at radius 3 is 2.57 bits per heavy atom. The zero-order chi connectivity index (χ0) is 25.6. The van der Waals surface area contributed by atoms with Crippen LogP contribution in [0.2, 0.25) is 0 Å². The van der Waals surface area contributed by atoms with Crippen LogP contribution in [0.4, 0.5) is 4.39 Å². The molecule has 5 heterocycles. The highest BCUT2D eigenvalue weighted by atomic mass is 19.1. The minimum Gasteiger partial charge on any atom is -0.335 e. The van der Waals surface area contributed by atoms with E-state index in [2.05, 4.69) is 49.2 Å². The van der Waals surface area contributed by atoms with Gasteiger partial charge in [-0.1, -0.05) is 30.9 Å². The molecule has 186 valence electrons. The molecular formula is C29H28FN7. The number of hydrogen-bond donors (Lipinski definition) is 3. The van der Waals surface area contributed by atoms with E-state index in [-0.39, 0.29) is 5.82 Å². The van der Waals surface area contributed by atoms with Crippen molar-refractivity contribution in [1.82, 2.24) is 35.5 Å². The summed E-state index contributed by atoms with van der Waals surface area (Å²) in [6.07, 6.45) is 11.3. The summed E-state index contributed by atoms with van der Waals surface area (Å²) in [6, 6.07) is 8.34. The Morgan fingerprint density at radius 2 is 1.81 bits per heavy atom. The highest BCUT2D eigenvalue weighted by molar-refractivity contribution is 5.92. The summed E-state index contributed by atoms with van der Waals surface area (Å²) in [5.41, 5.74) is 6.13. The molecule has 5 aromatic rings. The van der Waals surface area contributed by atoms with Crippen molar-refractivity contribution in [2.75, 3.05) is 13.1 Å². The van der Waals surface area contributed by atoms with Crippen LogP contribution in [0.25, 0.3) is 33.7 Å². The molecule has 1 fully saturated rings. The third kappa shape index (κ3) is 5.90. The lowest BCUT2D eigenvalue weighted by molar-refractivity contribution is 0.402. The molecule has 1 aliphatic rings. The lowest BCUT2D eigenvalue weighted by Crippen LogP contribution is -2.26. The Kier molecular flexibility index (Phi) is 7.33. The number of nitrogens with one attached hydrogen (secondary N) is 3. The minimum absolute atomic E-state index is 0.308. The van der Waals surface area contributed by atoms with E-state index in [0.717, 1.165) is 28.1 Å². The van der Waals surface area contributed by atoms with Crippen LogP contribution in [0.3, 0.4) is 0 Å². The smallest absolute Gasteiger partial charge is 0.157 e. The Labute approximate surface area is 215 Å². The standard InChI is InChI=1S/C23H15FN6.C6H13N/c1-14-7-15(10-25-9-14)5-6-17-11-27-30-21(17)23-28-20-13-26-12-19(22(20)29-23)16-3-2-4-18(24)8-16;1-6-2-4-7-5-3-6/h2-4,7-13H,1H3,(H,27,30)(H,28,29);6-7H,2-5H2,1H3. The van der Waals surface area contributed by atoms with Gasteiger partial charge in [-0.3, -0.25) is 15.1 Å². The molecule has 4 aromatic heterocycles. The molecule has 6 rings (SSSR count). The second-order valence-electron chi connectivity index (χ2n) is 9.27. The predicted octanol–water partition coefficient (Wildman–Crippen LogP) is 5.26. The average Bonchev–Trinajstić information content (AvgIpc) is 3.55. The van der Waals surface area contributed by atoms with Gasteiger partial charge in [-0.05, 0) is 68.1 Å². The predicted molar refractivity (Wildman–Crippen MR) is 143 cm³/mol. The lowest BCUT2D eigenvalue weighted by Gasteiger charge is -2.17. The van der Waals surface area contributed by atoms with Crippen LogP contribution in [0.1, 0.15) is 36.5 Å². The normalized spacial score (nSPS) is 13.5. The second kappa shape index (κ2) is 11.1. The molecule has 0 amide bonds. The van der Waals surface area contributed by atoms with E-state index < -0.39 is 0 Å². The van der Waals surface area contributed by atoms with Crippen molar-refractivity contribution in [2.24, 2.45) is 5.92 Å². The summed E-state index contributed by atoms with van der Waals surface area (Å²) >= 11 is 0. The van der Waals surface area contributed by atoms with Gasteiger partial charge in [-0.25, -0.2) is 9.37 Å². The van der Waals surface area contributed by atoms with Crippen LogP contribution in [0, 0.1) is 30.5 Å². The number of piperidine rings is 1. The van der Waals surface area contributed by atoms with Crippen molar-refractivity contribution in [2.45, 2.75) is 26.7 Å². The van der Waals surface area contributed by atoms with E-state index in [1.54, 1.807) is 37.1 Å². The summed E-state index contributed by atoms with van der Waals surface area (Å²) in [4.78, 5) is 16.4. The van der Waals surface area contributed by atoms with Crippen LogP contribution >= 0.6 is 0 Å². The van der Waals surface area contributed by atoms with Crippen LogP contribution in [-0.2, 0) is 0 Å². The van der Waals surface area contributed by atoms with Crippen molar-refractivity contribution >= 4 is 11.0 Å². The largest absolute Gasteiger partial charge is 0.335 e. The van der Waals surface area contributed by atoms with Crippen LogP contribution in [0.15, 0.2) is 61.3 Å². The van der Waals surface area contributed by atoms with Crippen LogP contribution < -0.4 is 5.32 Å². The summed E-state index contributed by atoms with van der Waals surface area (Å²) in [5, 5.41) is 10.4. The zero-order valence-electron chi connectivity index (χ0n) is 20.8. The Morgan fingerprint density at radius 1 is 0.973 bits per heavy atom. The molecule has 8 heteroatoms. The molecule has 0 aliphatic carbocycles. The molecule has 3 N–H and O–H groups in total. The number of pyridine rings is 2. The van der Waals surface area contributed by atoms with Crippen LogP contribution in [0.5, 0.6) is 0 Å². The van der Waals surface area contributed by atoms with Crippen molar-refractivity contribution in [1.29, 1.82) is 0 Å². The number of benzene rings is 1. The molecule has 1 saturated heterocycles. The topological polar surface area (TPSA) is 95.2 Å². The highest BCUT2D eigenvalue weighted by Crippen LogP contribution is 2.29. The number of aromatic amines is 2. The van der Waals surface area contributed by atoms with Gasteiger partial charge in [0.1, 0.15) is 11.5 Å². The number of nitrogens with zero attached hydrogens (tertiary/aromatic N) is 4. The summed E-state index contributed by atoms with van der Waals surface area (Å²) in [7, 11) is 0. The van der Waals surface area contributed by atoms with Gasteiger partial charge in [-0.15, -0.1) is 0 Å². The summed E-state index contributed by atoms with van der Waals surface area (Å²) in [6.45, 7) is 6.77. The van der Waals surface area contributed by atoms with Gasteiger partial charge in [0.2, 0.25) is 0 Å². The van der Waals surface area contributed by atoms with Gasteiger partial charge in [0, 0.05) is 29.7 Å². The molecule has 7 nitrogen and oxygen atoms in total. The van der Waals surface area contributed by atoms with E-state index in [1.165, 1.54) is 38.1 Å². The summed E-state index contributed by atoms with van der Waals surface area (Å²) in [5.74, 6) is 7.48. The number of H-pyrrole nitrogens is 2. The average molecular weight is 494 g/mol. The first kappa shape index (κ1) is 24.3. The minimum atomic E-state index is -0.308. The van der Waals surface area contributed by atoms with Gasteiger partial charge in [-0.2, -0.15) is 5.10 Å². The number of imidazole rings is 1. The third-order valence-electron chi connectivity index (χ3n) is 6.25. The maximum Gasteiger partial charge on any atom is 0.157 e. The van der Waals surface area contributed by atoms with Gasteiger partial charge < -0.3 is 10.3 Å². The molecule has 0 atom stereocenters. The van der Waals surface area contributed by atoms with Crippen molar-refractivity contribution in [3.63, 3.8) is 0 Å². The van der Waals surface area contributed by atoms with Gasteiger partial charge >= 0.3 is 0 Å². The fourth-order valence-corrected chi connectivity index (χ4v) is 4.21. The van der Waals surface area contributed by atoms with E-state index >= 15 is 0 Å².